The van der Waals surface area contributed by atoms with Gasteiger partial charge in [-0.15, -0.1) is 0 Å². The van der Waals surface area contributed by atoms with Gasteiger partial charge < -0.3 is 10.1 Å². The molecule has 1 saturated carbocycles. The molecule has 0 amide bonds. The van der Waals surface area contributed by atoms with Crippen molar-refractivity contribution in [1.82, 2.24) is 10.2 Å². The van der Waals surface area contributed by atoms with Crippen molar-refractivity contribution in [3.8, 4) is 0 Å². The van der Waals surface area contributed by atoms with Crippen molar-refractivity contribution < 1.29 is 4.74 Å². The van der Waals surface area contributed by atoms with Gasteiger partial charge >= 0.3 is 0 Å². The van der Waals surface area contributed by atoms with Gasteiger partial charge in [0, 0.05) is 38.3 Å². The van der Waals surface area contributed by atoms with Gasteiger partial charge in [-0.05, 0) is 32.1 Å². The van der Waals surface area contributed by atoms with Crippen LogP contribution in [0, 0.1) is 0 Å². The topological polar surface area (TPSA) is 24.5 Å². The van der Waals surface area contributed by atoms with E-state index in [1.54, 1.807) is 0 Å². The molecule has 86 valence electrons. The fourth-order valence-electron chi connectivity index (χ4n) is 2.83. The van der Waals surface area contributed by atoms with E-state index in [2.05, 4.69) is 10.2 Å². The van der Waals surface area contributed by atoms with Crippen LogP contribution in [0.1, 0.15) is 32.1 Å². The number of hydrogen-bond acceptors (Lipinski definition) is 3. The van der Waals surface area contributed by atoms with Gasteiger partial charge in [0.05, 0.1) is 6.10 Å². The maximum atomic E-state index is 5.62. The van der Waals surface area contributed by atoms with Crippen LogP contribution in [0.4, 0.5) is 0 Å². The Hall–Kier alpha value is -0.120. The molecule has 0 spiro atoms. The molecule has 0 aromatic carbocycles. The Balaban J connectivity index is 1.37. The van der Waals surface area contributed by atoms with E-state index >= 15 is 0 Å². The summed E-state index contributed by atoms with van der Waals surface area (Å²) in [6.07, 6.45) is 7.23. The third kappa shape index (κ3) is 2.52. The van der Waals surface area contributed by atoms with Crippen LogP contribution in [0.25, 0.3) is 0 Å². The predicted molar refractivity (Wildman–Crippen MR) is 60.0 cm³/mol. The summed E-state index contributed by atoms with van der Waals surface area (Å²) in [7, 11) is 0. The number of rotatable bonds is 4. The average Bonchev–Trinajstić information content (AvgIpc) is 2.82. The van der Waals surface area contributed by atoms with Crippen molar-refractivity contribution in [2.75, 3.05) is 26.2 Å². The summed E-state index contributed by atoms with van der Waals surface area (Å²) in [4.78, 5) is 2.66. The third-order valence-corrected chi connectivity index (χ3v) is 3.94. The van der Waals surface area contributed by atoms with E-state index < -0.39 is 0 Å². The molecule has 0 radical (unpaired) electrons. The molecule has 3 fully saturated rings. The lowest BCUT2D eigenvalue weighted by Gasteiger charge is -2.17. The lowest BCUT2D eigenvalue weighted by atomic mass is 10.2. The van der Waals surface area contributed by atoms with Crippen molar-refractivity contribution in [3.63, 3.8) is 0 Å². The first-order chi connectivity index (χ1) is 7.42. The molecule has 2 aliphatic heterocycles. The van der Waals surface area contributed by atoms with E-state index in [0.29, 0.717) is 6.10 Å². The van der Waals surface area contributed by atoms with Crippen LogP contribution in [-0.4, -0.2) is 49.3 Å². The Labute approximate surface area is 92.2 Å². The molecule has 3 rings (SSSR count). The molecule has 3 heteroatoms. The van der Waals surface area contributed by atoms with E-state index in [1.165, 1.54) is 45.2 Å². The van der Waals surface area contributed by atoms with Crippen LogP contribution in [0.3, 0.4) is 0 Å². The molecular weight excluding hydrogens is 188 g/mol. The molecular formula is C12H22N2O. The fourth-order valence-corrected chi connectivity index (χ4v) is 2.83. The molecule has 2 unspecified atom stereocenters. The summed E-state index contributed by atoms with van der Waals surface area (Å²) in [6, 6.07) is 1.68. The van der Waals surface area contributed by atoms with Gasteiger partial charge in [0.25, 0.3) is 0 Å². The summed E-state index contributed by atoms with van der Waals surface area (Å²) in [5.74, 6) is 0. The Morgan fingerprint density at radius 2 is 2.13 bits per heavy atom. The monoisotopic (exact) mass is 210 g/mol. The summed E-state index contributed by atoms with van der Waals surface area (Å²) >= 11 is 0. The van der Waals surface area contributed by atoms with Crippen LogP contribution < -0.4 is 5.32 Å². The SMILES string of the molecule is C1COC(CNC2CCN(C3CC3)C2)C1. The van der Waals surface area contributed by atoms with Crippen molar-refractivity contribution in [3.05, 3.63) is 0 Å². The average molecular weight is 210 g/mol. The number of nitrogens with zero attached hydrogens (tertiary/aromatic N) is 1. The number of hydrogen-bond donors (Lipinski definition) is 1. The molecule has 2 atom stereocenters. The Kier molecular flexibility index (Phi) is 2.95. The first-order valence-corrected chi connectivity index (χ1v) is 6.51. The molecule has 2 saturated heterocycles. The van der Waals surface area contributed by atoms with Crippen LogP contribution in [0.15, 0.2) is 0 Å². The van der Waals surface area contributed by atoms with Crippen LogP contribution in [0.2, 0.25) is 0 Å². The lowest BCUT2D eigenvalue weighted by Crippen LogP contribution is -2.37. The molecule has 3 nitrogen and oxygen atoms in total. The highest BCUT2D eigenvalue weighted by Gasteiger charge is 2.34. The molecule has 2 heterocycles. The molecule has 1 aliphatic carbocycles. The Morgan fingerprint density at radius 1 is 1.20 bits per heavy atom. The standard InChI is InChI=1S/C12H22N2O/c1-2-12(15-7-1)8-13-10-5-6-14(9-10)11-3-4-11/h10-13H,1-9H2. The van der Waals surface area contributed by atoms with Gasteiger partial charge in [-0.3, -0.25) is 4.90 Å². The number of ether oxygens (including phenoxy) is 1. The molecule has 3 aliphatic rings. The van der Waals surface area contributed by atoms with Gasteiger partial charge in [-0.25, -0.2) is 0 Å². The number of nitrogens with one attached hydrogen (secondary N) is 1. The Morgan fingerprint density at radius 3 is 2.87 bits per heavy atom. The zero-order valence-electron chi connectivity index (χ0n) is 9.45. The summed E-state index contributed by atoms with van der Waals surface area (Å²) < 4.78 is 5.62. The second-order valence-corrected chi connectivity index (χ2v) is 5.25. The first-order valence-electron chi connectivity index (χ1n) is 6.51. The number of likely N-dealkylation sites (tertiary alicyclic amines) is 1. The van der Waals surface area contributed by atoms with E-state index in [1.807, 2.05) is 0 Å². The van der Waals surface area contributed by atoms with Gasteiger partial charge in [-0.2, -0.15) is 0 Å². The largest absolute Gasteiger partial charge is 0.377 e. The normalized spacial score (nSPS) is 37.6. The van der Waals surface area contributed by atoms with Gasteiger partial charge in [0.1, 0.15) is 0 Å². The van der Waals surface area contributed by atoms with Gasteiger partial charge in [-0.1, -0.05) is 0 Å². The smallest absolute Gasteiger partial charge is 0.0700 e. The third-order valence-electron chi connectivity index (χ3n) is 3.94. The highest BCUT2D eigenvalue weighted by atomic mass is 16.5. The maximum Gasteiger partial charge on any atom is 0.0700 e. The zero-order valence-corrected chi connectivity index (χ0v) is 9.45. The molecule has 0 aromatic rings. The molecule has 0 aromatic heterocycles. The van der Waals surface area contributed by atoms with Crippen molar-refractivity contribution in [1.29, 1.82) is 0 Å². The van der Waals surface area contributed by atoms with E-state index in [-0.39, 0.29) is 0 Å². The summed E-state index contributed by atoms with van der Waals surface area (Å²) in [5.41, 5.74) is 0. The van der Waals surface area contributed by atoms with E-state index in [4.69, 9.17) is 4.74 Å². The highest BCUT2D eigenvalue weighted by Crippen LogP contribution is 2.29. The first kappa shape index (κ1) is 10.1. The minimum absolute atomic E-state index is 0.500. The fraction of sp³-hybridized carbons (Fsp3) is 1.00. The minimum atomic E-state index is 0.500. The van der Waals surface area contributed by atoms with Crippen LogP contribution in [0.5, 0.6) is 0 Å². The second kappa shape index (κ2) is 4.40. The maximum absolute atomic E-state index is 5.62. The van der Waals surface area contributed by atoms with Crippen LogP contribution >= 0.6 is 0 Å². The predicted octanol–water partition coefficient (Wildman–Crippen LogP) is 0.992. The van der Waals surface area contributed by atoms with Crippen molar-refractivity contribution >= 4 is 0 Å². The minimum Gasteiger partial charge on any atom is -0.377 e. The zero-order chi connectivity index (χ0) is 10.1. The quantitative estimate of drug-likeness (QED) is 0.749. The van der Waals surface area contributed by atoms with Gasteiger partial charge in [0.2, 0.25) is 0 Å². The molecule has 1 N–H and O–H groups in total. The van der Waals surface area contributed by atoms with E-state index in [0.717, 1.165) is 25.2 Å². The summed E-state index contributed by atoms with van der Waals surface area (Å²) in [5, 5.41) is 3.67. The summed E-state index contributed by atoms with van der Waals surface area (Å²) in [6.45, 7) is 4.64. The van der Waals surface area contributed by atoms with Crippen LogP contribution in [-0.2, 0) is 4.74 Å². The Bertz CT molecular complexity index is 212. The molecule has 15 heavy (non-hydrogen) atoms. The molecule has 0 bridgehead atoms. The highest BCUT2D eigenvalue weighted by molar-refractivity contribution is 4.92. The van der Waals surface area contributed by atoms with Crippen molar-refractivity contribution in [2.24, 2.45) is 0 Å². The van der Waals surface area contributed by atoms with Gasteiger partial charge in [0.15, 0.2) is 0 Å². The van der Waals surface area contributed by atoms with E-state index in [9.17, 15) is 0 Å². The van der Waals surface area contributed by atoms with Crippen molar-refractivity contribution in [2.45, 2.75) is 50.3 Å². The lowest BCUT2D eigenvalue weighted by molar-refractivity contribution is 0.107. The second-order valence-electron chi connectivity index (χ2n) is 5.25.